The van der Waals surface area contributed by atoms with Gasteiger partial charge in [-0.25, -0.2) is 15.0 Å². The van der Waals surface area contributed by atoms with Crippen molar-refractivity contribution in [1.29, 1.82) is 0 Å². The van der Waals surface area contributed by atoms with Crippen LogP contribution < -0.4 is 0 Å². The highest BCUT2D eigenvalue weighted by atomic mass is 15.0. The molecule has 0 spiro atoms. The molecule has 1 aromatic heterocycles. The van der Waals surface area contributed by atoms with Gasteiger partial charge < -0.3 is 0 Å². The van der Waals surface area contributed by atoms with E-state index in [1.54, 1.807) is 0 Å². The Kier molecular flexibility index (Phi) is 7.52. The molecule has 9 aromatic carbocycles. The summed E-state index contributed by atoms with van der Waals surface area (Å²) in [5, 5.41) is 6.96. The lowest BCUT2D eigenvalue weighted by atomic mass is 9.81. The highest BCUT2D eigenvalue weighted by Gasteiger charge is 2.35. The highest BCUT2D eigenvalue weighted by Crippen LogP contribution is 2.51. The van der Waals surface area contributed by atoms with Crippen LogP contribution in [0.4, 0.5) is 0 Å². The second-order valence-corrected chi connectivity index (χ2v) is 15.6. The van der Waals surface area contributed by atoms with Crippen LogP contribution in [0.2, 0.25) is 0 Å². The zero-order valence-corrected chi connectivity index (χ0v) is 31.7. The molecule has 0 aliphatic heterocycles. The third-order valence-electron chi connectivity index (χ3n) is 11.9. The van der Waals surface area contributed by atoms with Gasteiger partial charge in [0.05, 0.1) is 0 Å². The number of nitrogens with zero attached hydrogens (tertiary/aromatic N) is 3. The normalized spacial score (nSPS) is 12.9. The first-order chi connectivity index (χ1) is 28.0. The fourth-order valence-electron chi connectivity index (χ4n) is 9.17. The Morgan fingerprint density at radius 2 is 0.842 bits per heavy atom. The van der Waals surface area contributed by atoms with Crippen molar-refractivity contribution in [2.75, 3.05) is 0 Å². The number of hydrogen-bond donors (Lipinski definition) is 0. The van der Waals surface area contributed by atoms with Gasteiger partial charge >= 0.3 is 0 Å². The van der Waals surface area contributed by atoms with E-state index in [9.17, 15) is 0 Å². The second-order valence-electron chi connectivity index (χ2n) is 15.6. The summed E-state index contributed by atoms with van der Waals surface area (Å²) in [6.07, 6.45) is 0. The van der Waals surface area contributed by atoms with E-state index in [4.69, 9.17) is 15.0 Å². The van der Waals surface area contributed by atoms with Crippen LogP contribution >= 0.6 is 0 Å². The summed E-state index contributed by atoms with van der Waals surface area (Å²) in [6.45, 7) is 4.69. The number of aromatic nitrogens is 3. The maximum absolute atomic E-state index is 5.29. The molecule has 11 rings (SSSR count). The van der Waals surface area contributed by atoms with Crippen LogP contribution in [0.5, 0.6) is 0 Å². The molecule has 0 radical (unpaired) electrons. The van der Waals surface area contributed by atoms with Gasteiger partial charge in [-0.3, -0.25) is 0 Å². The molecule has 0 unspecified atom stereocenters. The third kappa shape index (κ3) is 5.31. The summed E-state index contributed by atoms with van der Waals surface area (Å²) in [5.41, 5.74) is 12.9. The zero-order chi connectivity index (χ0) is 38.1. The largest absolute Gasteiger partial charge is 0.208 e. The fourth-order valence-corrected chi connectivity index (χ4v) is 9.17. The quantitative estimate of drug-likeness (QED) is 0.166. The van der Waals surface area contributed by atoms with Gasteiger partial charge in [0.25, 0.3) is 0 Å². The monoisotopic (exact) mass is 727 g/mol. The predicted molar refractivity (Wildman–Crippen MR) is 237 cm³/mol. The lowest BCUT2D eigenvalue weighted by molar-refractivity contribution is 0.660. The Hall–Kier alpha value is -7.23. The first-order valence-corrected chi connectivity index (χ1v) is 19.6. The molecule has 0 fully saturated rings. The van der Waals surface area contributed by atoms with Gasteiger partial charge in [0.15, 0.2) is 17.5 Å². The van der Waals surface area contributed by atoms with E-state index in [1.807, 2.05) is 36.4 Å². The van der Waals surface area contributed by atoms with Crippen molar-refractivity contribution in [2.24, 2.45) is 0 Å². The molecular formula is C54H37N3. The SMILES string of the molecule is CC1(C)c2ccccc2-c2cc(-c3c4ccccc4c(-c4nc(-c5ccccc5)nc(-c5ccccc5)n4)c4ccc(-c5cccc6ccccc56)cc34)ccc21. The maximum Gasteiger partial charge on any atom is 0.165 e. The van der Waals surface area contributed by atoms with E-state index in [1.165, 1.54) is 55.3 Å². The molecule has 268 valence electrons. The molecule has 0 N–H and O–H groups in total. The second kappa shape index (κ2) is 12.9. The van der Waals surface area contributed by atoms with Crippen LogP contribution in [0.25, 0.3) is 99.9 Å². The predicted octanol–water partition coefficient (Wildman–Crippen LogP) is 14.0. The Labute approximate surface area is 332 Å². The van der Waals surface area contributed by atoms with E-state index >= 15 is 0 Å². The average Bonchev–Trinajstić information content (AvgIpc) is 3.50. The lowest BCUT2D eigenvalue weighted by Gasteiger charge is -2.22. The minimum absolute atomic E-state index is 0.0778. The number of benzene rings is 9. The van der Waals surface area contributed by atoms with Gasteiger partial charge in [0.2, 0.25) is 0 Å². The van der Waals surface area contributed by atoms with Crippen molar-refractivity contribution < 1.29 is 0 Å². The first kappa shape index (κ1) is 33.1. The van der Waals surface area contributed by atoms with Crippen LogP contribution in [-0.2, 0) is 5.41 Å². The molecule has 10 aromatic rings. The summed E-state index contributed by atoms with van der Waals surface area (Å²) in [7, 11) is 0. The van der Waals surface area contributed by atoms with Crippen molar-refractivity contribution in [3.8, 4) is 67.5 Å². The summed E-state index contributed by atoms with van der Waals surface area (Å²) < 4.78 is 0. The summed E-state index contributed by atoms with van der Waals surface area (Å²) in [4.78, 5) is 15.6. The van der Waals surface area contributed by atoms with Crippen LogP contribution in [0.1, 0.15) is 25.0 Å². The molecule has 0 bridgehead atoms. The van der Waals surface area contributed by atoms with Crippen LogP contribution in [-0.4, -0.2) is 15.0 Å². The van der Waals surface area contributed by atoms with Crippen molar-refractivity contribution in [3.05, 3.63) is 199 Å². The molecule has 1 aliphatic rings. The van der Waals surface area contributed by atoms with Gasteiger partial charge in [-0.2, -0.15) is 0 Å². The van der Waals surface area contributed by atoms with Crippen LogP contribution in [0.3, 0.4) is 0 Å². The number of rotatable bonds is 5. The lowest BCUT2D eigenvalue weighted by Crippen LogP contribution is -2.14. The zero-order valence-electron chi connectivity index (χ0n) is 31.7. The molecule has 0 saturated carbocycles. The van der Waals surface area contributed by atoms with E-state index in [0.29, 0.717) is 17.5 Å². The van der Waals surface area contributed by atoms with Gasteiger partial charge in [0, 0.05) is 22.1 Å². The van der Waals surface area contributed by atoms with Gasteiger partial charge in [-0.1, -0.05) is 190 Å². The number of fused-ring (bicyclic) bond motifs is 6. The van der Waals surface area contributed by atoms with E-state index < -0.39 is 0 Å². The summed E-state index contributed by atoms with van der Waals surface area (Å²) in [5.74, 6) is 1.94. The van der Waals surface area contributed by atoms with Crippen LogP contribution in [0.15, 0.2) is 188 Å². The standard InChI is InChI=1S/C54H37N3/c1-54(2)47-27-14-13-23-41(47)45-33-38(29-31-48(45)54)49-42-24-11-12-25-43(42)50(44-30-28-37(32-46(44)49)40-26-15-21-34-16-9-10-22-39(34)40)53-56-51(35-17-5-3-6-18-35)55-52(57-53)36-19-7-4-8-20-36/h3-33H,1-2H3. The van der Waals surface area contributed by atoms with Gasteiger partial charge in [-0.15, -0.1) is 0 Å². The molecule has 1 heterocycles. The highest BCUT2D eigenvalue weighted by molar-refractivity contribution is 6.22. The molecule has 1 aliphatic carbocycles. The Morgan fingerprint density at radius 3 is 1.58 bits per heavy atom. The first-order valence-electron chi connectivity index (χ1n) is 19.6. The van der Waals surface area contributed by atoms with Crippen molar-refractivity contribution in [1.82, 2.24) is 15.0 Å². The van der Waals surface area contributed by atoms with Crippen molar-refractivity contribution in [3.63, 3.8) is 0 Å². The summed E-state index contributed by atoms with van der Waals surface area (Å²) >= 11 is 0. The molecule has 3 nitrogen and oxygen atoms in total. The Morgan fingerprint density at radius 1 is 0.316 bits per heavy atom. The smallest absolute Gasteiger partial charge is 0.165 e. The van der Waals surface area contributed by atoms with Gasteiger partial charge in [0.1, 0.15) is 0 Å². The molecule has 0 atom stereocenters. The van der Waals surface area contributed by atoms with Crippen molar-refractivity contribution >= 4 is 32.3 Å². The minimum atomic E-state index is -0.0778. The molecule has 57 heavy (non-hydrogen) atoms. The van der Waals surface area contributed by atoms with E-state index in [-0.39, 0.29) is 5.41 Å². The Bertz CT molecular complexity index is 3140. The molecule has 0 amide bonds. The van der Waals surface area contributed by atoms with E-state index in [2.05, 4.69) is 166 Å². The maximum atomic E-state index is 5.29. The third-order valence-corrected chi connectivity index (χ3v) is 11.9. The average molecular weight is 728 g/mol. The summed E-state index contributed by atoms with van der Waals surface area (Å²) in [6, 6.07) is 67.4. The molecule has 0 saturated heterocycles. The minimum Gasteiger partial charge on any atom is -0.208 e. The van der Waals surface area contributed by atoms with Crippen molar-refractivity contribution in [2.45, 2.75) is 19.3 Å². The van der Waals surface area contributed by atoms with E-state index in [0.717, 1.165) is 38.2 Å². The molecule has 3 heteroatoms. The Balaban J connectivity index is 1.25. The van der Waals surface area contributed by atoms with Gasteiger partial charge in [-0.05, 0) is 89.0 Å². The fraction of sp³-hybridized carbons (Fsp3) is 0.0556. The molecular weight excluding hydrogens is 691 g/mol. The topological polar surface area (TPSA) is 38.7 Å². The van der Waals surface area contributed by atoms with Crippen LogP contribution in [0, 0.1) is 0 Å². The number of hydrogen-bond acceptors (Lipinski definition) is 3.